The third-order valence-corrected chi connectivity index (χ3v) is 6.69. The number of nitrogens with zero attached hydrogens (tertiary/aromatic N) is 4. The first-order chi connectivity index (χ1) is 17.1. The Bertz CT molecular complexity index is 1360. The van der Waals surface area contributed by atoms with Crippen molar-refractivity contribution in [1.29, 1.82) is 0 Å². The summed E-state index contributed by atoms with van der Waals surface area (Å²) in [6, 6.07) is 23.5. The Labute approximate surface area is 204 Å². The molecule has 1 aliphatic rings. The Kier molecular flexibility index (Phi) is 6.57. The molecule has 0 aliphatic carbocycles. The number of amides is 1. The summed E-state index contributed by atoms with van der Waals surface area (Å²) in [7, 11) is 0. The zero-order chi connectivity index (χ0) is 24.2. The van der Waals surface area contributed by atoms with E-state index in [9.17, 15) is 9.59 Å². The molecular weight excluding hydrogens is 438 g/mol. The van der Waals surface area contributed by atoms with Gasteiger partial charge in [-0.1, -0.05) is 60.7 Å². The zero-order valence-corrected chi connectivity index (χ0v) is 19.8. The lowest BCUT2D eigenvalue weighted by Gasteiger charge is -2.32. The first-order valence-electron chi connectivity index (χ1n) is 12.1. The number of carbonyl (C=O) groups is 1. The minimum absolute atomic E-state index is 0.0402. The smallest absolute Gasteiger partial charge is 0.295 e. The van der Waals surface area contributed by atoms with Crippen molar-refractivity contribution in [1.82, 2.24) is 19.9 Å². The Morgan fingerprint density at radius 3 is 2.40 bits per heavy atom. The van der Waals surface area contributed by atoms with Crippen LogP contribution < -0.4 is 15.8 Å². The summed E-state index contributed by atoms with van der Waals surface area (Å²) in [5, 5.41) is 3.15. The molecule has 35 heavy (non-hydrogen) atoms. The van der Waals surface area contributed by atoms with Gasteiger partial charge in [0.2, 0.25) is 5.91 Å². The minimum Gasteiger partial charge on any atom is -0.352 e. The lowest BCUT2D eigenvalue weighted by Crippen LogP contribution is -2.43. The van der Waals surface area contributed by atoms with Crippen molar-refractivity contribution in [3.8, 4) is 0 Å². The maximum atomic E-state index is 13.5. The molecule has 1 N–H and O–H groups in total. The maximum Gasteiger partial charge on any atom is 0.295 e. The van der Waals surface area contributed by atoms with Gasteiger partial charge in [-0.15, -0.1) is 0 Å². The maximum absolute atomic E-state index is 13.5. The van der Waals surface area contributed by atoms with Gasteiger partial charge in [-0.2, -0.15) is 0 Å². The lowest BCUT2D eigenvalue weighted by atomic mass is 9.95. The molecule has 7 nitrogen and oxygen atoms in total. The van der Waals surface area contributed by atoms with Gasteiger partial charge in [0.05, 0.1) is 12.6 Å². The molecule has 1 atom stereocenters. The molecule has 5 rings (SSSR count). The van der Waals surface area contributed by atoms with Crippen molar-refractivity contribution in [2.75, 3.05) is 18.0 Å². The van der Waals surface area contributed by atoms with Crippen molar-refractivity contribution >= 4 is 22.9 Å². The standard InChI is InChI=1S/C28H29N5O2/c1-20(22-11-6-3-7-12-22)30-27(34)23-14-17-32(18-15-23)26-28(35)33(19-21-9-4-2-5-10-21)25-24(31-26)13-8-16-29-25/h2-13,16,20,23H,14-15,17-19H2,1H3,(H,30,34)/t20-/m0/s1. The van der Waals surface area contributed by atoms with Crippen molar-refractivity contribution in [3.05, 3.63) is 100 Å². The largest absolute Gasteiger partial charge is 0.352 e. The van der Waals surface area contributed by atoms with Crippen LogP contribution in [0.15, 0.2) is 83.8 Å². The average Bonchev–Trinajstić information content (AvgIpc) is 2.91. The molecule has 0 bridgehead atoms. The van der Waals surface area contributed by atoms with E-state index in [2.05, 4.69) is 15.3 Å². The summed E-state index contributed by atoms with van der Waals surface area (Å²) in [5.74, 6) is 0.419. The average molecular weight is 468 g/mol. The number of benzene rings is 2. The predicted octanol–water partition coefficient (Wildman–Crippen LogP) is 3.93. The molecule has 0 radical (unpaired) electrons. The quantitative estimate of drug-likeness (QED) is 0.465. The van der Waals surface area contributed by atoms with E-state index in [1.807, 2.05) is 84.6 Å². The highest BCUT2D eigenvalue weighted by atomic mass is 16.2. The van der Waals surface area contributed by atoms with Crippen LogP contribution in [0.4, 0.5) is 5.82 Å². The third kappa shape index (κ3) is 4.94. The molecule has 3 heterocycles. The summed E-state index contributed by atoms with van der Waals surface area (Å²) >= 11 is 0. The number of hydrogen-bond donors (Lipinski definition) is 1. The van der Waals surface area contributed by atoms with E-state index >= 15 is 0 Å². The molecule has 2 aromatic heterocycles. The zero-order valence-electron chi connectivity index (χ0n) is 19.8. The molecule has 2 aromatic carbocycles. The van der Waals surface area contributed by atoms with Gasteiger partial charge in [0.25, 0.3) is 5.56 Å². The second-order valence-electron chi connectivity index (χ2n) is 9.06. The molecule has 1 saturated heterocycles. The minimum atomic E-state index is -0.152. The number of nitrogens with one attached hydrogen (secondary N) is 1. The van der Waals surface area contributed by atoms with Crippen LogP contribution >= 0.6 is 0 Å². The van der Waals surface area contributed by atoms with Crippen molar-refractivity contribution in [2.24, 2.45) is 5.92 Å². The fraction of sp³-hybridized carbons (Fsp3) is 0.286. The van der Waals surface area contributed by atoms with Crippen LogP contribution in [0.5, 0.6) is 0 Å². The highest BCUT2D eigenvalue weighted by molar-refractivity contribution is 5.79. The van der Waals surface area contributed by atoms with Crippen LogP contribution in [0.1, 0.15) is 36.9 Å². The molecule has 0 unspecified atom stereocenters. The van der Waals surface area contributed by atoms with Crippen molar-refractivity contribution in [2.45, 2.75) is 32.4 Å². The van der Waals surface area contributed by atoms with Gasteiger partial charge in [-0.25, -0.2) is 9.97 Å². The Morgan fingerprint density at radius 1 is 1.00 bits per heavy atom. The van der Waals surface area contributed by atoms with Gasteiger partial charge in [0.15, 0.2) is 11.5 Å². The van der Waals surface area contributed by atoms with Gasteiger partial charge < -0.3 is 10.2 Å². The number of hydrogen-bond acceptors (Lipinski definition) is 5. The van der Waals surface area contributed by atoms with Gasteiger partial charge in [-0.05, 0) is 43.0 Å². The molecule has 7 heteroatoms. The van der Waals surface area contributed by atoms with Crippen LogP contribution in [0, 0.1) is 5.92 Å². The number of carbonyl (C=O) groups excluding carboxylic acids is 1. The second kappa shape index (κ2) is 10.1. The summed E-state index contributed by atoms with van der Waals surface area (Å²) in [5.41, 5.74) is 3.23. The van der Waals surface area contributed by atoms with E-state index in [0.717, 1.165) is 11.1 Å². The van der Waals surface area contributed by atoms with Gasteiger partial charge in [-0.3, -0.25) is 14.2 Å². The normalized spacial score (nSPS) is 15.2. The Hall–Kier alpha value is -4.00. The first-order valence-corrected chi connectivity index (χ1v) is 12.1. The number of pyridine rings is 1. The summed E-state index contributed by atoms with van der Waals surface area (Å²) in [6.07, 6.45) is 3.04. The SMILES string of the molecule is C[C@H](NC(=O)C1CCN(c2nc3cccnc3n(Cc3ccccc3)c2=O)CC1)c1ccccc1. The van der Waals surface area contributed by atoms with E-state index < -0.39 is 0 Å². The number of rotatable bonds is 6. The van der Waals surface area contributed by atoms with Gasteiger partial charge >= 0.3 is 0 Å². The molecule has 1 fully saturated rings. The van der Waals surface area contributed by atoms with E-state index in [-0.39, 0.29) is 23.4 Å². The van der Waals surface area contributed by atoms with E-state index in [4.69, 9.17) is 0 Å². The lowest BCUT2D eigenvalue weighted by molar-refractivity contribution is -0.126. The number of aromatic nitrogens is 3. The fourth-order valence-electron chi connectivity index (χ4n) is 4.69. The number of anilines is 1. The molecular formula is C28H29N5O2. The van der Waals surface area contributed by atoms with Crippen LogP contribution in [0.3, 0.4) is 0 Å². The Morgan fingerprint density at radius 2 is 1.69 bits per heavy atom. The predicted molar refractivity (Wildman–Crippen MR) is 137 cm³/mol. The Balaban J connectivity index is 1.33. The fourth-order valence-corrected chi connectivity index (χ4v) is 4.69. The van der Waals surface area contributed by atoms with E-state index in [0.29, 0.717) is 49.5 Å². The van der Waals surface area contributed by atoms with Crippen molar-refractivity contribution in [3.63, 3.8) is 0 Å². The van der Waals surface area contributed by atoms with Crippen LogP contribution in [-0.2, 0) is 11.3 Å². The number of piperidine rings is 1. The van der Waals surface area contributed by atoms with Crippen molar-refractivity contribution < 1.29 is 4.79 Å². The van der Waals surface area contributed by atoms with Gasteiger partial charge in [0, 0.05) is 25.2 Å². The van der Waals surface area contributed by atoms with Crippen LogP contribution in [-0.4, -0.2) is 33.5 Å². The first kappa shape index (κ1) is 22.8. The molecule has 1 amide bonds. The summed E-state index contributed by atoms with van der Waals surface area (Å²) in [4.78, 5) is 37.6. The summed E-state index contributed by atoms with van der Waals surface area (Å²) in [6.45, 7) is 3.65. The van der Waals surface area contributed by atoms with Gasteiger partial charge in [0.1, 0.15) is 5.52 Å². The van der Waals surface area contributed by atoms with E-state index in [1.165, 1.54) is 0 Å². The second-order valence-corrected chi connectivity index (χ2v) is 9.06. The molecule has 0 saturated carbocycles. The molecule has 1 aliphatic heterocycles. The third-order valence-electron chi connectivity index (χ3n) is 6.69. The summed E-state index contributed by atoms with van der Waals surface area (Å²) < 4.78 is 1.70. The van der Waals surface area contributed by atoms with E-state index in [1.54, 1.807) is 10.8 Å². The topological polar surface area (TPSA) is 80.1 Å². The molecule has 4 aromatic rings. The number of fused-ring (bicyclic) bond motifs is 1. The van der Waals surface area contributed by atoms with Crippen LogP contribution in [0.25, 0.3) is 11.2 Å². The molecule has 178 valence electrons. The highest BCUT2D eigenvalue weighted by Gasteiger charge is 2.28. The monoisotopic (exact) mass is 467 g/mol. The molecule has 0 spiro atoms. The highest BCUT2D eigenvalue weighted by Crippen LogP contribution is 2.23. The van der Waals surface area contributed by atoms with Crippen LogP contribution in [0.2, 0.25) is 0 Å².